The maximum atomic E-state index is 13.8. The van der Waals surface area contributed by atoms with Crippen LogP contribution in [0, 0.1) is 5.92 Å². The highest BCUT2D eigenvalue weighted by atomic mass is 31.2. The van der Waals surface area contributed by atoms with E-state index in [2.05, 4.69) is 41.3 Å². The molecule has 3 fully saturated rings. The number of likely N-dealkylation sites (tertiary alicyclic amines) is 1. The Morgan fingerprint density at radius 3 is 2.55 bits per heavy atom. The Morgan fingerprint density at radius 2 is 1.77 bits per heavy atom. The predicted octanol–water partition coefficient (Wildman–Crippen LogP) is 5.97. The van der Waals surface area contributed by atoms with Crippen molar-refractivity contribution in [3.8, 4) is 22.6 Å². The largest absolute Gasteiger partial charge is 0.504 e. The topological polar surface area (TPSA) is 106 Å². The molecule has 3 aliphatic carbocycles. The number of hydrogen-bond donors (Lipinski definition) is 2. The summed E-state index contributed by atoms with van der Waals surface area (Å²) in [5, 5.41) is 10.8. The summed E-state index contributed by atoms with van der Waals surface area (Å²) in [6.07, 6.45) is 4.42. The summed E-state index contributed by atoms with van der Waals surface area (Å²) in [6, 6.07) is 21.9. The van der Waals surface area contributed by atoms with E-state index in [4.69, 9.17) is 13.8 Å². The van der Waals surface area contributed by atoms with Crippen LogP contribution in [0.1, 0.15) is 55.2 Å². The smallest absolute Gasteiger partial charge is 0.472 e. The van der Waals surface area contributed by atoms with Crippen molar-refractivity contribution in [3.63, 3.8) is 0 Å². The molecule has 3 aromatic rings. The van der Waals surface area contributed by atoms with Crippen LogP contribution in [-0.2, 0) is 36.7 Å². The molecule has 2 bridgehead atoms. The maximum Gasteiger partial charge on any atom is 0.472 e. The van der Waals surface area contributed by atoms with Gasteiger partial charge in [-0.15, -0.1) is 0 Å². The van der Waals surface area contributed by atoms with Gasteiger partial charge in [-0.2, -0.15) is 0 Å². The minimum atomic E-state index is -4.54. The first-order valence-electron chi connectivity index (χ1n) is 15.9. The molecule has 3 aromatic carbocycles. The number of carbonyl (C=O) groups excluding carboxylic acids is 1. The number of phosphoric acid groups is 1. The first-order valence-corrected chi connectivity index (χ1v) is 17.4. The second-order valence-corrected chi connectivity index (χ2v) is 14.6. The van der Waals surface area contributed by atoms with E-state index in [1.165, 1.54) is 12.8 Å². The van der Waals surface area contributed by atoms with Gasteiger partial charge in [-0.3, -0.25) is 18.7 Å². The summed E-state index contributed by atoms with van der Waals surface area (Å²) < 4.78 is 32.2. The molecule has 8 nitrogen and oxygen atoms in total. The van der Waals surface area contributed by atoms with Gasteiger partial charge in [-0.05, 0) is 85.7 Å². The fourth-order valence-corrected chi connectivity index (χ4v) is 9.80. The van der Waals surface area contributed by atoms with Crippen molar-refractivity contribution in [1.29, 1.82) is 0 Å². The zero-order chi connectivity index (χ0) is 30.1. The number of phenolic OH excluding ortho intramolecular Hbond substituents is 1. The molecule has 2 aliphatic heterocycles. The molecule has 1 saturated heterocycles. The second-order valence-electron chi connectivity index (χ2n) is 13.2. The third-order valence-electron chi connectivity index (χ3n) is 10.7. The molecular formula is C35H38NO7P. The fraction of sp³-hybridized carbons (Fsp3) is 0.457. The number of phosphoric ester groups is 1. The summed E-state index contributed by atoms with van der Waals surface area (Å²) in [5.74, 6) is 0.900. The quantitative estimate of drug-likeness (QED) is 0.213. The van der Waals surface area contributed by atoms with Crippen LogP contribution in [-0.4, -0.2) is 58.1 Å². The number of benzene rings is 3. The number of carbonyl (C=O) groups is 1. The number of hydrogen-bond acceptors (Lipinski definition) is 7. The van der Waals surface area contributed by atoms with Gasteiger partial charge in [0.15, 0.2) is 23.4 Å². The third-order valence-corrected chi connectivity index (χ3v) is 11.8. The molecule has 8 rings (SSSR count). The molecule has 2 saturated carbocycles. The molecular weight excluding hydrogens is 577 g/mol. The number of aromatic hydroxyl groups is 1. The Hall–Kier alpha value is -3.00. The molecule has 2 heterocycles. The molecule has 2 N–H and O–H groups in total. The van der Waals surface area contributed by atoms with Crippen LogP contribution in [0.3, 0.4) is 0 Å². The Morgan fingerprint density at radius 1 is 1.00 bits per heavy atom. The van der Waals surface area contributed by atoms with E-state index in [9.17, 15) is 19.4 Å². The van der Waals surface area contributed by atoms with Crippen molar-refractivity contribution in [2.24, 2.45) is 5.92 Å². The first-order chi connectivity index (χ1) is 21.3. The van der Waals surface area contributed by atoms with E-state index in [1.54, 1.807) is 6.07 Å². The second kappa shape index (κ2) is 10.5. The lowest BCUT2D eigenvalue weighted by atomic mass is 9.49. The molecule has 0 amide bonds. The van der Waals surface area contributed by atoms with Crippen LogP contribution in [0.25, 0.3) is 11.1 Å². The minimum absolute atomic E-state index is 0.00619. The zero-order valence-electron chi connectivity index (χ0n) is 24.7. The molecule has 0 aromatic heterocycles. The Kier molecular flexibility index (Phi) is 6.82. The van der Waals surface area contributed by atoms with E-state index in [-0.39, 0.29) is 30.6 Å². The van der Waals surface area contributed by atoms with Crippen molar-refractivity contribution in [3.05, 3.63) is 83.4 Å². The summed E-state index contributed by atoms with van der Waals surface area (Å²) in [5.41, 5.74) is 3.14. The number of rotatable bonds is 10. The highest BCUT2D eigenvalue weighted by molar-refractivity contribution is 7.47. The van der Waals surface area contributed by atoms with Gasteiger partial charge in [-0.25, -0.2) is 4.57 Å². The van der Waals surface area contributed by atoms with Crippen LogP contribution in [0.5, 0.6) is 11.5 Å². The number of ether oxygens (including phenoxy) is 1. The average Bonchev–Trinajstić information content (AvgIpc) is 3.77. The number of ketones is 1. The van der Waals surface area contributed by atoms with Gasteiger partial charge < -0.3 is 14.7 Å². The molecule has 9 heteroatoms. The van der Waals surface area contributed by atoms with Crippen LogP contribution >= 0.6 is 7.82 Å². The Balaban J connectivity index is 1.04. The first kappa shape index (κ1) is 28.5. The SMILES string of the molecule is O=C1CCC2(OP(=O)(O)OCCCc3ccc(-c4ccccc4)cc3)C3Cc4ccc(O)c5c4C2(CCN3CC2CC2)C1O5. The number of nitrogens with zero attached hydrogens (tertiary/aromatic N) is 1. The van der Waals surface area contributed by atoms with Crippen LogP contribution in [0.2, 0.25) is 0 Å². The lowest BCUT2D eigenvalue weighted by Gasteiger charge is -2.64. The fourth-order valence-electron chi connectivity index (χ4n) is 8.60. The van der Waals surface area contributed by atoms with E-state index in [1.807, 2.05) is 24.3 Å². The molecule has 230 valence electrons. The Bertz CT molecular complexity index is 1640. The molecule has 1 spiro atoms. The number of phenols is 1. The van der Waals surface area contributed by atoms with Gasteiger partial charge in [-0.1, -0.05) is 60.7 Å². The minimum Gasteiger partial charge on any atom is -0.504 e. The molecule has 5 aliphatic rings. The van der Waals surface area contributed by atoms with Gasteiger partial charge in [0.1, 0.15) is 5.60 Å². The van der Waals surface area contributed by atoms with E-state index in [0.717, 1.165) is 40.9 Å². The number of Topliss-reactive ketones (excluding diaryl/α,β-unsaturated/α-hetero) is 1. The van der Waals surface area contributed by atoms with E-state index in [0.29, 0.717) is 43.8 Å². The standard InChI is InChI=1S/C35H38NO7P/c37-28-15-14-27-21-30-35(17-16-29(38)33-34(35,31(27)32(28)42-33)18-19-36(30)22-24-8-9-24)43-44(39,40)41-20-4-5-23-10-12-26(13-11-23)25-6-2-1-3-7-25/h1-3,6-7,10-15,24,30,33,37H,4-5,8-9,16-22H2,(H,39,40). The highest BCUT2D eigenvalue weighted by Crippen LogP contribution is 2.69. The van der Waals surface area contributed by atoms with Gasteiger partial charge >= 0.3 is 7.82 Å². The molecule has 0 radical (unpaired) electrons. The normalized spacial score (nSPS) is 30.0. The lowest BCUT2D eigenvalue weighted by molar-refractivity contribution is -0.184. The monoisotopic (exact) mass is 615 g/mol. The van der Waals surface area contributed by atoms with Crippen molar-refractivity contribution in [2.45, 2.75) is 74.5 Å². The van der Waals surface area contributed by atoms with Gasteiger partial charge in [0.2, 0.25) is 0 Å². The van der Waals surface area contributed by atoms with E-state index < -0.39 is 24.9 Å². The van der Waals surface area contributed by atoms with Gasteiger partial charge in [0.05, 0.1) is 12.0 Å². The van der Waals surface area contributed by atoms with Crippen LogP contribution in [0.15, 0.2) is 66.7 Å². The molecule has 5 unspecified atom stereocenters. The predicted molar refractivity (Wildman–Crippen MR) is 165 cm³/mol. The van der Waals surface area contributed by atoms with Crippen molar-refractivity contribution in [2.75, 3.05) is 19.7 Å². The summed E-state index contributed by atoms with van der Waals surface area (Å²) >= 11 is 0. The average molecular weight is 616 g/mol. The number of aryl methyl sites for hydroxylation is 1. The van der Waals surface area contributed by atoms with Crippen LogP contribution in [0.4, 0.5) is 0 Å². The third kappa shape index (κ3) is 4.49. The summed E-state index contributed by atoms with van der Waals surface area (Å²) in [4.78, 5) is 27.1. The molecule has 44 heavy (non-hydrogen) atoms. The van der Waals surface area contributed by atoms with E-state index >= 15 is 0 Å². The Labute approximate surface area is 257 Å². The van der Waals surface area contributed by atoms with Gasteiger partial charge in [0, 0.05) is 24.6 Å². The van der Waals surface area contributed by atoms with Crippen molar-refractivity contribution < 1.29 is 33.1 Å². The van der Waals surface area contributed by atoms with Crippen molar-refractivity contribution in [1.82, 2.24) is 4.90 Å². The molecule has 5 atom stereocenters. The maximum absolute atomic E-state index is 13.8. The zero-order valence-corrected chi connectivity index (χ0v) is 25.6. The summed E-state index contributed by atoms with van der Waals surface area (Å²) in [7, 11) is -4.54. The lowest BCUT2D eigenvalue weighted by Crippen LogP contribution is -2.77. The summed E-state index contributed by atoms with van der Waals surface area (Å²) in [6.45, 7) is 1.72. The number of piperidine rings is 1. The highest BCUT2D eigenvalue weighted by Gasteiger charge is 2.75. The van der Waals surface area contributed by atoms with Crippen LogP contribution < -0.4 is 4.74 Å². The van der Waals surface area contributed by atoms with Gasteiger partial charge in [0.25, 0.3) is 0 Å². The van der Waals surface area contributed by atoms with Crippen molar-refractivity contribution >= 4 is 13.6 Å².